The molecule has 204 valence electrons. The van der Waals surface area contributed by atoms with Crippen LogP contribution in [0.1, 0.15) is 39.5 Å². The highest BCUT2D eigenvalue weighted by atomic mass is 35.5. The van der Waals surface area contributed by atoms with Gasteiger partial charge in [0.2, 0.25) is 11.9 Å². The van der Waals surface area contributed by atoms with Crippen molar-refractivity contribution < 1.29 is 9.53 Å². The second kappa shape index (κ2) is 10.8. The number of thiophene rings is 1. The molecule has 1 atom stereocenters. The van der Waals surface area contributed by atoms with E-state index >= 15 is 0 Å². The number of nitrogens with zero attached hydrogens (tertiary/aromatic N) is 7. The van der Waals surface area contributed by atoms with Crippen molar-refractivity contribution in [1.82, 2.24) is 24.5 Å². The maximum atomic E-state index is 13.4. The Morgan fingerprint density at radius 2 is 1.77 bits per heavy atom. The minimum Gasteiger partial charge on any atom is -0.464 e. The summed E-state index contributed by atoms with van der Waals surface area (Å²) in [6.07, 6.45) is 3.63. The summed E-state index contributed by atoms with van der Waals surface area (Å²) in [5, 5.41) is 3.54. The number of ether oxygens (including phenoxy) is 1. The molecule has 5 heterocycles. The van der Waals surface area contributed by atoms with Gasteiger partial charge >= 0.3 is 5.97 Å². The number of hydrogen-bond acceptors (Lipinski definition) is 11. The summed E-state index contributed by atoms with van der Waals surface area (Å²) in [6.45, 7) is 8.67. The standard InChI is InChI=1S/C26H29ClN8O3S/c1-14-12-28-25(29-13-14)34-8-10-35(11-9-34)26-32-21-19(16(3)39-22(21)23(36)33(26)4)15(2)30-17-6-7-18(27)31-20(17)24(37)38-5/h6-7,12-13,15,30H,8-11H2,1-5H3. The molecule has 0 aliphatic carbocycles. The molecule has 39 heavy (non-hydrogen) atoms. The number of halogens is 1. The lowest BCUT2D eigenvalue weighted by molar-refractivity contribution is 0.0595. The van der Waals surface area contributed by atoms with E-state index in [2.05, 4.69) is 30.1 Å². The summed E-state index contributed by atoms with van der Waals surface area (Å²) in [5.41, 5.74) is 3.05. The molecule has 0 amide bonds. The Bertz CT molecular complexity index is 1600. The first-order chi connectivity index (χ1) is 18.7. The number of piperazine rings is 1. The smallest absolute Gasteiger partial charge is 0.358 e. The average Bonchev–Trinajstić information content (AvgIpc) is 3.27. The minimum atomic E-state index is -0.594. The van der Waals surface area contributed by atoms with E-state index in [0.717, 1.165) is 16.0 Å². The van der Waals surface area contributed by atoms with E-state index in [1.807, 2.05) is 33.2 Å². The van der Waals surface area contributed by atoms with E-state index in [9.17, 15) is 9.59 Å². The summed E-state index contributed by atoms with van der Waals surface area (Å²) < 4.78 is 7.10. The Morgan fingerprint density at radius 1 is 1.10 bits per heavy atom. The van der Waals surface area contributed by atoms with Gasteiger partial charge in [0, 0.05) is 56.1 Å². The summed E-state index contributed by atoms with van der Waals surface area (Å²) in [5.74, 6) is 0.728. The largest absolute Gasteiger partial charge is 0.464 e. The number of carbonyl (C=O) groups excluding carboxylic acids is 1. The lowest BCUT2D eigenvalue weighted by Crippen LogP contribution is -2.48. The van der Waals surface area contributed by atoms with Crippen LogP contribution >= 0.6 is 22.9 Å². The van der Waals surface area contributed by atoms with Gasteiger partial charge in [0.1, 0.15) is 9.85 Å². The van der Waals surface area contributed by atoms with Gasteiger partial charge in [-0.3, -0.25) is 9.36 Å². The van der Waals surface area contributed by atoms with Crippen molar-refractivity contribution in [2.45, 2.75) is 26.8 Å². The molecule has 1 saturated heterocycles. The first-order valence-corrected chi connectivity index (χ1v) is 13.7. The number of anilines is 3. The van der Waals surface area contributed by atoms with Crippen molar-refractivity contribution in [1.29, 1.82) is 0 Å². The molecule has 13 heteroatoms. The second-order valence-corrected chi connectivity index (χ2v) is 11.1. The fourth-order valence-corrected chi connectivity index (χ4v) is 6.09. The number of esters is 1. The highest BCUT2D eigenvalue weighted by Gasteiger charge is 2.26. The molecule has 0 aromatic carbocycles. The number of aryl methyl sites for hydroxylation is 2. The fourth-order valence-electron chi connectivity index (χ4n) is 4.78. The highest BCUT2D eigenvalue weighted by Crippen LogP contribution is 2.35. The number of aromatic nitrogens is 5. The van der Waals surface area contributed by atoms with E-state index in [0.29, 0.717) is 54.0 Å². The molecule has 0 saturated carbocycles. The quantitative estimate of drug-likeness (QED) is 0.272. The zero-order chi connectivity index (χ0) is 27.8. The summed E-state index contributed by atoms with van der Waals surface area (Å²) in [7, 11) is 3.06. The number of methoxy groups -OCH3 is 1. The molecular formula is C26H29ClN8O3S. The average molecular weight is 569 g/mol. The number of pyridine rings is 1. The van der Waals surface area contributed by atoms with Gasteiger partial charge < -0.3 is 19.9 Å². The minimum absolute atomic E-state index is 0.0887. The Balaban J connectivity index is 1.45. The van der Waals surface area contributed by atoms with Crippen molar-refractivity contribution >= 4 is 56.7 Å². The van der Waals surface area contributed by atoms with Gasteiger partial charge in [-0.2, -0.15) is 0 Å². The van der Waals surface area contributed by atoms with Crippen molar-refractivity contribution in [3.8, 4) is 0 Å². The topological polar surface area (TPSA) is 118 Å². The third kappa shape index (κ3) is 5.13. The predicted molar refractivity (Wildman–Crippen MR) is 153 cm³/mol. The highest BCUT2D eigenvalue weighted by molar-refractivity contribution is 7.19. The number of carbonyl (C=O) groups is 1. The van der Waals surface area contributed by atoms with Crippen LogP contribution in [0.2, 0.25) is 5.15 Å². The third-order valence-corrected chi connectivity index (χ3v) is 8.08. The van der Waals surface area contributed by atoms with Gasteiger partial charge in [-0.25, -0.2) is 24.7 Å². The molecular weight excluding hydrogens is 540 g/mol. The van der Waals surface area contributed by atoms with Gasteiger partial charge in [-0.1, -0.05) is 11.6 Å². The van der Waals surface area contributed by atoms with Crippen LogP contribution in [-0.2, 0) is 11.8 Å². The first kappa shape index (κ1) is 26.8. The van der Waals surface area contributed by atoms with Crippen molar-refractivity contribution in [3.05, 3.63) is 61.7 Å². The van der Waals surface area contributed by atoms with Crippen LogP contribution in [0, 0.1) is 13.8 Å². The maximum absolute atomic E-state index is 13.4. The van der Waals surface area contributed by atoms with Crippen LogP contribution in [0.15, 0.2) is 29.3 Å². The molecule has 1 aliphatic rings. The van der Waals surface area contributed by atoms with Gasteiger partial charge in [0.05, 0.1) is 24.4 Å². The Morgan fingerprint density at radius 3 is 2.44 bits per heavy atom. The van der Waals surface area contributed by atoms with Crippen molar-refractivity contribution in [2.24, 2.45) is 7.05 Å². The monoisotopic (exact) mass is 568 g/mol. The van der Waals surface area contributed by atoms with Gasteiger partial charge in [-0.15, -0.1) is 11.3 Å². The molecule has 0 bridgehead atoms. The first-order valence-electron chi connectivity index (χ1n) is 12.5. The Labute approximate surface area is 234 Å². The molecule has 11 nitrogen and oxygen atoms in total. The predicted octanol–water partition coefficient (Wildman–Crippen LogP) is 3.74. The number of nitrogens with one attached hydrogen (secondary N) is 1. The van der Waals surface area contributed by atoms with E-state index in [1.54, 1.807) is 23.7 Å². The van der Waals surface area contributed by atoms with Crippen LogP contribution in [0.25, 0.3) is 10.2 Å². The lowest BCUT2D eigenvalue weighted by atomic mass is 10.1. The van der Waals surface area contributed by atoms with E-state index in [4.69, 9.17) is 21.3 Å². The fraction of sp³-hybridized carbons (Fsp3) is 0.385. The van der Waals surface area contributed by atoms with Crippen LogP contribution < -0.4 is 20.7 Å². The lowest BCUT2D eigenvalue weighted by Gasteiger charge is -2.35. The zero-order valence-corrected chi connectivity index (χ0v) is 23.9. The van der Waals surface area contributed by atoms with Crippen LogP contribution in [0.3, 0.4) is 0 Å². The van der Waals surface area contributed by atoms with Crippen molar-refractivity contribution in [2.75, 3.05) is 48.4 Å². The van der Waals surface area contributed by atoms with Crippen molar-refractivity contribution in [3.63, 3.8) is 0 Å². The molecule has 5 rings (SSSR count). The molecule has 1 N–H and O–H groups in total. The van der Waals surface area contributed by atoms with E-state index in [-0.39, 0.29) is 22.4 Å². The van der Waals surface area contributed by atoms with E-state index in [1.165, 1.54) is 18.4 Å². The van der Waals surface area contributed by atoms with Gasteiger partial charge in [0.25, 0.3) is 5.56 Å². The van der Waals surface area contributed by atoms with Gasteiger partial charge in [0.15, 0.2) is 5.69 Å². The molecule has 4 aromatic rings. The second-order valence-electron chi connectivity index (χ2n) is 9.45. The van der Waals surface area contributed by atoms with Crippen LogP contribution in [-0.4, -0.2) is 63.8 Å². The maximum Gasteiger partial charge on any atom is 0.358 e. The zero-order valence-electron chi connectivity index (χ0n) is 22.4. The Kier molecular flexibility index (Phi) is 7.41. The molecule has 1 unspecified atom stereocenters. The normalized spacial score (nSPS) is 14.5. The van der Waals surface area contributed by atoms with Gasteiger partial charge in [-0.05, 0) is 38.5 Å². The molecule has 0 spiro atoms. The van der Waals surface area contributed by atoms with E-state index < -0.39 is 5.97 Å². The number of fused-ring (bicyclic) bond motifs is 1. The molecule has 1 fully saturated rings. The third-order valence-electron chi connectivity index (χ3n) is 6.77. The van der Waals surface area contributed by atoms with Crippen LogP contribution in [0.5, 0.6) is 0 Å². The molecule has 1 aliphatic heterocycles. The van der Waals surface area contributed by atoms with Crippen LogP contribution in [0.4, 0.5) is 17.6 Å². The Hall–Kier alpha value is -3.77. The number of rotatable bonds is 6. The molecule has 0 radical (unpaired) electrons. The summed E-state index contributed by atoms with van der Waals surface area (Å²) in [6, 6.07) is 3.01. The summed E-state index contributed by atoms with van der Waals surface area (Å²) >= 11 is 7.45. The summed E-state index contributed by atoms with van der Waals surface area (Å²) in [4.78, 5) is 49.0. The number of hydrogen-bond donors (Lipinski definition) is 1. The molecule has 4 aromatic heterocycles. The SMILES string of the molecule is COC(=O)c1nc(Cl)ccc1NC(C)c1c(C)sc2c(=O)n(C)c(N3CCN(c4ncc(C)cn4)CC3)nc12.